The molecule has 2 atom stereocenters. The fraction of sp³-hybridized carbons (Fsp3) is 1.00. The summed E-state index contributed by atoms with van der Waals surface area (Å²) >= 11 is 0. The molecule has 1 rings (SSSR count). The molecule has 2 unspecified atom stereocenters. The standard InChI is InChI=1S/C12H26N2O/c1-5-12(6-7-13-9-12)10-14(3)11(2)8-15-4/h11,13H,5-10H2,1-4H3. The van der Waals surface area contributed by atoms with Gasteiger partial charge in [-0.3, -0.25) is 0 Å². The van der Waals surface area contributed by atoms with E-state index in [1.54, 1.807) is 7.11 Å². The van der Waals surface area contributed by atoms with Gasteiger partial charge in [0.2, 0.25) is 0 Å². The summed E-state index contributed by atoms with van der Waals surface area (Å²) in [5, 5.41) is 3.48. The second-order valence-electron chi connectivity index (χ2n) is 5.00. The highest BCUT2D eigenvalue weighted by Crippen LogP contribution is 2.30. The average molecular weight is 214 g/mol. The Balaban J connectivity index is 2.43. The molecule has 0 aromatic rings. The van der Waals surface area contributed by atoms with Crippen LogP contribution in [0.1, 0.15) is 26.7 Å². The van der Waals surface area contributed by atoms with E-state index in [1.807, 2.05) is 0 Å². The Kier molecular flexibility index (Phi) is 5.03. The Morgan fingerprint density at radius 2 is 2.27 bits per heavy atom. The van der Waals surface area contributed by atoms with Crippen molar-refractivity contribution in [3.05, 3.63) is 0 Å². The minimum Gasteiger partial charge on any atom is -0.383 e. The van der Waals surface area contributed by atoms with Crippen LogP contribution in [0.3, 0.4) is 0 Å². The number of likely N-dealkylation sites (N-methyl/N-ethyl adjacent to an activating group) is 1. The predicted molar refractivity (Wildman–Crippen MR) is 64.2 cm³/mol. The van der Waals surface area contributed by atoms with Crippen LogP contribution in [-0.4, -0.2) is 51.3 Å². The second-order valence-corrected chi connectivity index (χ2v) is 5.00. The molecule has 1 heterocycles. The monoisotopic (exact) mass is 214 g/mol. The van der Waals surface area contributed by atoms with Crippen LogP contribution in [-0.2, 0) is 4.74 Å². The number of rotatable bonds is 6. The van der Waals surface area contributed by atoms with Crippen LogP contribution in [0.4, 0.5) is 0 Å². The van der Waals surface area contributed by atoms with Crippen molar-refractivity contribution in [2.75, 3.05) is 40.4 Å². The van der Waals surface area contributed by atoms with Crippen LogP contribution < -0.4 is 5.32 Å². The molecular weight excluding hydrogens is 188 g/mol. The van der Waals surface area contributed by atoms with Gasteiger partial charge < -0.3 is 15.0 Å². The molecule has 1 saturated heterocycles. The zero-order valence-corrected chi connectivity index (χ0v) is 10.7. The lowest BCUT2D eigenvalue weighted by molar-refractivity contribution is 0.0843. The molecule has 1 aliphatic heterocycles. The van der Waals surface area contributed by atoms with Gasteiger partial charge in [-0.2, -0.15) is 0 Å². The summed E-state index contributed by atoms with van der Waals surface area (Å²) in [4.78, 5) is 2.43. The molecule has 3 nitrogen and oxygen atoms in total. The minimum atomic E-state index is 0.497. The SMILES string of the molecule is CCC1(CN(C)C(C)COC)CCNC1. The molecular formula is C12H26N2O. The van der Waals surface area contributed by atoms with E-state index >= 15 is 0 Å². The normalized spacial score (nSPS) is 28.6. The summed E-state index contributed by atoms with van der Waals surface area (Å²) < 4.78 is 5.20. The topological polar surface area (TPSA) is 24.5 Å². The zero-order chi connectivity index (χ0) is 11.3. The molecule has 0 aromatic carbocycles. The van der Waals surface area contributed by atoms with Crippen molar-refractivity contribution in [3.63, 3.8) is 0 Å². The van der Waals surface area contributed by atoms with Crippen molar-refractivity contribution in [2.24, 2.45) is 5.41 Å². The largest absolute Gasteiger partial charge is 0.383 e. The first-order valence-electron chi connectivity index (χ1n) is 6.03. The van der Waals surface area contributed by atoms with Gasteiger partial charge in [-0.15, -0.1) is 0 Å². The Bertz CT molecular complexity index is 178. The maximum Gasteiger partial charge on any atom is 0.0615 e. The molecule has 0 spiro atoms. The summed E-state index contributed by atoms with van der Waals surface area (Å²) in [6.07, 6.45) is 2.58. The highest BCUT2D eigenvalue weighted by molar-refractivity contribution is 4.89. The third-order valence-electron chi connectivity index (χ3n) is 3.83. The zero-order valence-electron chi connectivity index (χ0n) is 10.7. The molecule has 15 heavy (non-hydrogen) atoms. The van der Waals surface area contributed by atoms with E-state index in [4.69, 9.17) is 4.74 Å². The van der Waals surface area contributed by atoms with E-state index in [9.17, 15) is 0 Å². The first-order chi connectivity index (χ1) is 7.13. The van der Waals surface area contributed by atoms with E-state index < -0.39 is 0 Å². The second kappa shape index (κ2) is 5.83. The lowest BCUT2D eigenvalue weighted by atomic mass is 9.83. The Hall–Kier alpha value is -0.120. The molecule has 0 aromatic heterocycles. The van der Waals surface area contributed by atoms with Crippen LogP contribution in [0.5, 0.6) is 0 Å². The Labute approximate surface area is 94.2 Å². The molecule has 1 N–H and O–H groups in total. The smallest absolute Gasteiger partial charge is 0.0615 e. The van der Waals surface area contributed by atoms with E-state index in [0.717, 1.165) is 6.61 Å². The fourth-order valence-corrected chi connectivity index (χ4v) is 2.40. The molecule has 1 fully saturated rings. The molecule has 90 valence electrons. The van der Waals surface area contributed by atoms with Crippen LogP contribution in [0.15, 0.2) is 0 Å². The Morgan fingerprint density at radius 1 is 1.53 bits per heavy atom. The van der Waals surface area contributed by atoms with Crippen molar-refractivity contribution in [1.29, 1.82) is 0 Å². The summed E-state index contributed by atoms with van der Waals surface area (Å²) in [7, 11) is 3.98. The van der Waals surface area contributed by atoms with E-state index in [1.165, 1.54) is 32.5 Å². The van der Waals surface area contributed by atoms with Gasteiger partial charge in [-0.1, -0.05) is 6.92 Å². The van der Waals surface area contributed by atoms with Crippen molar-refractivity contribution in [1.82, 2.24) is 10.2 Å². The van der Waals surface area contributed by atoms with Gasteiger partial charge in [0, 0.05) is 26.2 Å². The van der Waals surface area contributed by atoms with Crippen molar-refractivity contribution in [2.45, 2.75) is 32.7 Å². The highest BCUT2D eigenvalue weighted by atomic mass is 16.5. The lowest BCUT2D eigenvalue weighted by Gasteiger charge is -2.35. The van der Waals surface area contributed by atoms with Gasteiger partial charge in [0.25, 0.3) is 0 Å². The number of nitrogens with zero attached hydrogens (tertiary/aromatic N) is 1. The number of nitrogens with one attached hydrogen (secondary N) is 1. The average Bonchev–Trinajstić information content (AvgIpc) is 2.67. The summed E-state index contributed by atoms with van der Waals surface area (Å²) in [6, 6.07) is 0.513. The Morgan fingerprint density at radius 3 is 2.73 bits per heavy atom. The molecule has 1 aliphatic rings. The maximum absolute atomic E-state index is 5.20. The number of hydrogen-bond donors (Lipinski definition) is 1. The summed E-state index contributed by atoms with van der Waals surface area (Å²) in [5.41, 5.74) is 0.497. The minimum absolute atomic E-state index is 0.497. The number of hydrogen-bond acceptors (Lipinski definition) is 3. The van der Waals surface area contributed by atoms with Gasteiger partial charge in [-0.05, 0) is 38.8 Å². The third kappa shape index (κ3) is 3.44. The molecule has 0 saturated carbocycles. The van der Waals surface area contributed by atoms with Gasteiger partial charge in [0.1, 0.15) is 0 Å². The number of ether oxygens (including phenoxy) is 1. The summed E-state index contributed by atoms with van der Waals surface area (Å²) in [5.74, 6) is 0. The molecule has 0 aliphatic carbocycles. The van der Waals surface area contributed by atoms with Crippen molar-refractivity contribution >= 4 is 0 Å². The van der Waals surface area contributed by atoms with Gasteiger partial charge in [0.15, 0.2) is 0 Å². The van der Waals surface area contributed by atoms with Gasteiger partial charge in [0.05, 0.1) is 6.61 Å². The summed E-state index contributed by atoms with van der Waals surface area (Å²) in [6.45, 7) is 8.90. The highest BCUT2D eigenvalue weighted by Gasteiger charge is 2.33. The fourth-order valence-electron chi connectivity index (χ4n) is 2.40. The van der Waals surface area contributed by atoms with Crippen LogP contribution in [0.25, 0.3) is 0 Å². The van der Waals surface area contributed by atoms with Crippen LogP contribution in [0, 0.1) is 5.41 Å². The predicted octanol–water partition coefficient (Wildman–Crippen LogP) is 1.34. The van der Waals surface area contributed by atoms with Gasteiger partial charge in [-0.25, -0.2) is 0 Å². The maximum atomic E-state index is 5.20. The molecule has 0 amide bonds. The quantitative estimate of drug-likeness (QED) is 0.722. The van der Waals surface area contributed by atoms with Crippen molar-refractivity contribution in [3.8, 4) is 0 Å². The van der Waals surface area contributed by atoms with E-state index in [2.05, 4.69) is 31.1 Å². The number of methoxy groups -OCH3 is 1. The van der Waals surface area contributed by atoms with E-state index in [0.29, 0.717) is 11.5 Å². The van der Waals surface area contributed by atoms with E-state index in [-0.39, 0.29) is 0 Å². The van der Waals surface area contributed by atoms with Crippen LogP contribution >= 0.6 is 0 Å². The third-order valence-corrected chi connectivity index (χ3v) is 3.83. The molecule has 0 bridgehead atoms. The van der Waals surface area contributed by atoms with Gasteiger partial charge >= 0.3 is 0 Å². The van der Waals surface area contributed by atoms with Crippen molar-refractivity contribution < 1.29 is 4.74 Å². The first-order valence-corrected chi connectivity index (χ1v) is 6.03. The molecule has 3 heteroatoms. The van der Waals surface area contributed by atoms with Crippen LogP contribution in [0.2, 0.25) is 0 Å². The first kappa shape index (κ1) is 12.9. The molecule has 0 radical (unpaired) electrons. The lowest BCUT2D eigenvalue weighted by Crippen LogP contribution is -2.42.